The Kier molecular flexibility index (Phi) is 10.9. The highest BCUT2D eigenvalue weighted by Crippen LogP contribution is 2.53. The first-order valence-corrected chi connectivity index (χ1v) is 15.0. The lowest BCUT2D eigenvalue weighted by molar-refractivity contribution is -0.152. The largest absolute Gasteiger partial charge is 0.291 e. The maximum Gasteiger partial charge on any atom is 0.202 e. The van der Waals surface area contributed by atoms with E-state index in [1.54, 1.807) is 0 Å². The zero-order valence-electron chi connectivity index (χ0n) is 25.4. The molecule has 1 fully saturated rings. The third kappa shape index (κ3) is 7.45. The van der Waals surface area contributed by atoms with Gasteiger partial charge in [0.2, 0.25) is 11.6 Å². The molecule has 6 atom stereocenters. The number of fused-ring (bicyclic) bond motifs is 3. The molecular formula is C36H52O2. The van der Waals surface area contributed by atoms with E-state index in [0.29, 0.717) is 0 Å². The van der Waals surface area contributed by atoms with E-state index >= 15 is 0 Å². The predicted molar refractivity (Wildman–Crippen MR) is 162 cm³/mol. The van der Waals surface area contributed by atoms with Gasteiger partial charge < -0.3 is 0 Å². The first kappa shape index (κ1) is 30.3. The number of carbonyl (C=O) groups is 2. The highest BCUT2D eigenvalue weighted by molar-refractivity contribution is 6.39. The van der Waals surface area contributed by atoms with Crippen LogP contribution in [0.3, 0.4) is 0 Å². The van der Waals surface area contributed by atoms with Crippen molar-refractivity contribution in [3.05, 3.63) is 69.9 Å². The summed E-state index contributed by atoms with van der Waals surface area (Å²) in [5.74, 6) is 0.440. The van der Waals surface area contributed by atoms with Gasteiger partial charge in [-0.25, -0.2) is 0 Å². The lowest BCUT2D eigenvalue weighted by atomic mass is 9.52. The third-order valence-corrected chi connectivity index (χ3v) is 9.40. The van der Waals surface area contributed by atoms with Crippen LogP contribution in [0.4, 0.5) is 0 Å². The summed E-state index contributed by atoms with van der Waals surface area (Å²) in [6, 6.07) is 0. The van der Waals surface area contributed by atoms with Crippen LogP contribution in [0.5, 0.6) is 0 Å². The number of hydrogen-bond acceptors (Lipinski definition) is 2. The summed E-state index contributed by atoms with van der Waals surface area (Å²) in [5.41, 5.74) is 8.08. The third-order valence-electron chi connectivity index (χ3n) is 9.40. The molecule has 3 aliphatic rings. The minimum atomic E-state index is -0.149. The summed E-state index contributed by atoms with van der Waals surface area (Å²) < 4.78 is 0. The smallest absolute Gasteiger partial charge is 0.202 e. The first-order chi connectivity index (χ1) is 18.0. The van der Waals surface area contributed by atoms with E-state index in [1.807, 2.05) is 0 Å². The van der Waals surface area contributed by atoms with E-state index in [9.17, 15) is 9.59 Å². The molecule has 0 aliphatic heterocycles. The molecule has 2 nitrogen and oxygen atoms in total. The molecule has 0 aromatic heterocycles. The SMILES string of the molecule is CC(C)=CCCC(C)=CCC1C(C)=CCC2C3CC=C(C)C(CC=C(C)CCC=C(C)C)C3C(=O)C(=O)C12. The highest BCUT2D eigenvalue weighted by atomic mass is 16.2. The maximum absolute atomic E-state index is 13.8. The molecule has 3 rings (SSSR count). The molecule has 0 spiro atoms. The van der Waals surface area contributed by atoms with E-state index < -0.39 is 0 Å². The zero-order valence-corrected chi connectivity index (χ0v) is 25.4. The monoisotopic (exact) mass is 516 g/mol. The van der Waals surface area contributed by atoms with Gasteiger partial charge in [0.1, 0.15) is 0 Å². The van der Waals surface area contributed by atoms with Crippen molar-refractivity contribution in [2.45, 2.75) is 107 Å². The van der Waals surface area contributed by atoms with E-state index in [1.165, 1.54) is 33.4 Å². The Morgan fingerprint density at radius 3 is 1.37 bits per heavy atom. The van der Waals surface area contributed by atoms with Crippen LogP contribution < -0.4 is 0 Å². The fourth-order valence-corrected chi connectivity index (χ4v) is 7.07. The van der Waals surface area contributed by atoms with Gasteiger partial charge in [-0.2, -0.15) is 0 Å². The molecule has 3 aliphatic carbocycles. The van der Waals surface area contributed by atoms with Gasteiger partial charge in [0.25, 0.3) is 0 Å². The second kappa shape index (κ2) is 13.7. The van der Waals surface area contributed by atoms with Crippen LogP contribution in [0.2, 0.25) is 0 Å². The lowest BCUT2D eigenvalue weighted by Gasteiger charge is -2.50. The molecular weight excluding hydrogens is 464 g/mol. The van der Waals surface area contributed by atoms with Gasteiger partial charge in [-0.1, -0.05) is 69.9 Å². The topological polar surface area (TPSA) is 34.1 Å². The summed E-state index contributed by atoms with van der Waals surface area (Å²) in [5, 5.41) is 0. The van der Waals surface area contributed by atoms with Crippen molar-refractivity contribution in [1.82, 2.24) is 0 Å². The number of Topliss-reactive ketones (excluding diaryl/α,β-unsaturated/α-hetero) is 2. The summed E-state index contributed by atoms with van der Waals surface area (Å²) in [6.07, 6.45) is 21.9. The van der Waals surface area contributed by atoms with Crippen molar-refractivity contribution in [3.8, 4) is 0 Å². The molecule has 0 saturated heterocycles. The van der Waals surface area contributed by atoms with Crippen LogP contribution in [-0.4, -0.2) is 11.6 Å². The zero-order chi connectivity index (χ0) is 28.0. The number of allylic oxidation sites excluding steroid dienone is 12. The lowest BCUT2D eigenvalue weighted by Crippen LogP contribution is -2.54. The molecule has 2 heteroatoms. The number of hydrogen-bond donors (Lipinski definition) is 0. The van der Waals surface area contributed by atoms with Crippen LogP contribution in [0.15, 0.2) is 69.9 Å². The van der Waals surface area contributed by atoms with E-state index in [0.717, 1.165) is 51.4 Å². The predicted octanol–water partition coefficient (Wildman–Crippen LogP) is 9.70. The molecule has 0 amide bonds. The fourth-order valence-electron chi connectivity index (χ4n) is 7.07. The van der Waals surface area contributed by atoms with E-state index in [-0.39, 0.29) is 47.1 Å². The molecule has 0 aromatic carbocycles. The van der Waals surface area contributed by atoms with Crippen molar-refractivity contribution in [3.63, 3.8) is 0 Å². The van der Waals surface area contributed by atoms with Gasteiger partial charge in [0.05, 0.1) is 0 Å². The van der Waals surface area contributed by atoms with Gasteiger partial charge in [-0.05, 0) is 130 Å². The van der Waals surface area contributed by atoms with Crippen LogP contribution in [0.25, 0.3) is 0 Å². The summed E-state index contributed by atoms with van der Waals surface area (Å²) >= 11 is 0. The van der Waals surface area contributed by atoms with Gasteiger partial charge in [0, 0.05) is 11.8 Å². The summed E-state index contributed by atoms with van der Waals surface area (Å²) in [6.45, 7) is 17.3. The molecule has 208 valence electrons. The summed E-state index contributed by atoms with van der Waals surface area (Å²) in [4.78, 5) is 27.6. The minimum Gasteiger partial charge on any atom is -0.291 e. The van der Waals surface area contributed by atoms with Crippen molar-refractivity contribution in [1.29, 1.82) is 0 Å². The Balaban J connectivity index is 1.78. The highest BCUT2D eigenvalue weighted by Gasteiger charge is 2.55. The van der Waals surface area contributed by atoms with Crippen LogP contribution in [0, 0.1) is 35.5 Å². The Labute approximate surface area is 233 Å². The maximum atomic E-state index is 13.8. The van der Waals surface area contributed by atoms with Crippen LogP contribution >= 0.6 is 0 Å². The second-order valence-electron chi connectivity index (χ2n) is 12.9. The normalized spacial score (nSPS) is 29.7. The molecule has 0 bridgehead atoms. The standard InChI is InChI=1S/C36H52O2/c1-23(2)11-9-13-25(5)15-19-29-27(7)17-21-31-32-22-18-28(8)30(34(32)36(38)35(37)33(29)31)20-16-26(6)14-10-12-24(3)4/h11-12,15-18,29-34H,9-10,13-14,19-22H2,1-8H3. The van der Waals surface area contributed by atoms with Gasteiger partial charge in [0.15, 0.2) is 0 Å². The molecule has 38 heavy (non-hydrogen) atoms. The Hall–Kier alpha value is -2.22. The van der Waals surface area contributed by atoms with Crippen molar-refractivity contribution >= 4 is 11.6 Å². The van der Waals surface area contributed by atoms with Crippen molar-refractivity contribution < 1.29 is 9.59 Å². The quantitative estimate of drug-likeness (QED) is 0.214. The Morgan fingerprint density at radius 2 is 1.03 bits per heavy atom. The van der Waals surface area contributed by atoms with Gasteiger partial charge in [-0.15, -0.1) is 0 Å². The number of rotatable bonds is 10. The Bertz CT molecular complexity index is 979. The molecule has 0 N–H and O–H groups in total. The average molecular weight is 517 g/mol. The van der Waals surface area contributed by atoms with E-state index in [4.69, 9.17) is 0 Å². The number of ketones is 2. The molecule has 0 heterocycles. The average Bonchev–Trinajstić information content (AvgIpc) is 2.85. The molecule has 1 saturated carbocycles. The molecule has 0 aromatic rings. The number of carbonyl (C=O) groups excluding carboxylic acids is 2. The second-order valence-corrected chi connectivity index (χ2v) is 12.9. The molecule has 0 radical (unpaired) electrons. The molecule has 6 unspecified atom stereocenters. The van der Waals surface area contributed by atoms with E-state index in [2.05, 4.69) is 91.8 Å². The van der Waals surface area contributed by atoms with Crippen molar-refractivity contribution in [2.75, 3.05) is 0 Å². The van der Waals surface area contributed by atoms with Crippen LogP contribution in [-0.2, 0) is 9.59 Å². The first-order valence-electron chi connectivity index (χ1n) is 15.0. The Morgan fingerprint density at radius 1 is 0.658 bits per heavy atom. The van der Waals surface area contributed by atoms with Gasteiger partial charge >= 0.3 is 0 Å². The summed E-state index contributed by atoms with van der Waals surface area (Å²) in [7, 11) is 0. The van der Waals surface area contributed by atoms with Crippen LogP contribution in [0.1, 0.15) is 107 Å². The minimum absolute atomic E-state index is 0.0757. The fraction of sp³-hybridized carbons (Fsp3) is 0.611. The van der Waals surface area contributed by atoms with Gasteiger partial charge in [-0.3, -0.25) is 9.59 Å². The van der Waals surface area contributed by atoms with Crippen molar-refractivity contribution in [2.24, 2.45) is 35.5 Å².